The average molecular weight is 345 g/mol. The molecule has 24 heavy (non-hydrogen) atoms. The second-order valence-corrected chi connectivity index (χ2v) is 6.95. The molecule has 3 aromatic rings. The van der Waals surface area contributed by atoms with Crippen molar-refractivity contribution in [3.63, 3.8) is 0 Å². The zero-order valence-corrected chi connectivity index (χ0v) is 13.4. The Hall–Kier alpha value is -2.64. The Morgan fingerprint density at radius 3 is 2.42 bits per heavy atom. The van der Waals surface area contributed by atoms with Gasteiger partial charge in [0, 0.05) is 11.5 Å². The fraction of sp³-hybridized carbons (Fsp3) is 0.118. The minimum Gasteiger partial charge on any atom is -0.480 e. The number of fused-ring (bicyclic) bond motifs is 1. The van der Waals surface area contributed by atoms with Crippen molar-refractivity contribution < 1.29 is 22.7 Å². The van der Waals surface area contributed by atoms with Crippen molar-refractivity contribution in [1.82, 2.24) is 4.72 Å². The van der Waals surface area contributed by atoms with Crippen LogP contribution in [0.1, 0.15) is 5.56 Å². The van der Waals surface area contributed by atoms with Crippen LogP contribution in [0.25, 0.3) is 11.0 Å². The van der Waals surface area contributed by atoms with Gasteiger partial charge in [-0.2, -0.15) is 4.72 Å². The Balaban J connectivity index is 1.86. The van der Waals surface area contributed by atoms with Crippen LogP contribution in [0, 0.1) is 0 Å². The van der Waals surface area contributed by atoms with Gasteiger partial charge in [0.25, 0.3) is 10.0 Å². The highest BCUT2D eigenvalue weighted by molar-refractivity contribution is 7.89. The van der Waals surface area contributed by atoms with Gasteiger partial charge in [0.15, 0.2) is 0 Å². The molecule has 0 unspecified atom stereocenters. The third-order valence-corrected chi connectivity index (χ3v) is 4.87. The van der Waals surface area contributed by atoms with Gasteiger partial charge in [0.1, 0.15) is 11.6 Å². The molecule has 6 nitrogen and oxygen atoms in total. The van der Waals surface area contributed by atoms with Gasteiger partial charge in [-0.1, -0.05) is 48.5 Å². The van der Waals surface area contributed by atoms with E-state index in [1.165, 1.54) is 6.07 Å². The molecule has 2 N–H and O–H groups in total. The van der Waals surface area contributed by atoms with Crippen LogP contribution < -0.4 is 4.72 Å². The Bertz CT molecular complexity index is 930. The Labute approximate surface area is 138 Å². The summed E-state index contributed by atoms with van der Waals surface area (Å²) in [6.07, 6.45) is 0.0373. The van der Waals surface area contributed by atoms with E-state index in [2.05, 4.69) is 4.72 Å². The number of carbonyl (C=O) groups is 1. The van der Waals surface area contributed by atoms with E-state index >= 15 is 0 Å². The number of benzene rings is 2. The molecule has 0 saturated heterocycles. The number of carboxylic acids is 1. The zero-order valence-electron chi connectivity index (χ0n) is 12.5. The molecular formula is C17H15NO5S. The average Bonchev–Trinajstić information content (AvgIpc) is 3.00. The number of nitrogens with one attached hydrogen (secondary N) is 1. The van der Waals surface area contributed by atoms with E-state index in [9.17, 15) is 18.3 Å². The van der Waals surface area contributed by atoms with E-state index in [0.29, 0.717) is 11.0 Å². The van der Waals surface area contributed by atoms with Gasteiger partial charge < -0.3 is 9.52 Å². The molecule has 0 aliphatic heterocycles. The lowest BCUT2D eigenvalue weighted by Crippen LogP contribution is -2.42. The summed E-state index contributed by atoms with van der Waals surface area (Å²) in [5, 5.41) is 9.66. The predicted octanol–water partition coefficient (Wildman–Crippen LogP) is 2.41. The number of hydrogen-bond donors (Lipinski definition) is 2. The molecule has 0 saturated carbocycles. The quantitative estimate of drug-likeness (QED) is 0.715. The normalized spacial score (nSPS) is 13.0. The van der Waals surface area contributed by atoms with E-state index in [4.69, 9.17) is 4.42 Å². The molecule has 0 aliphatic carbocycles. The maximum Gasteiger partial charge on any atom is 0.322 e. The molecule has 0 bridgehead atoms. The Morgan fingerprint density at radius 2 is 1.75 bits per heavy atom. The van der Waals surface area contributed by atoms with Crippen LogP contribution in [-0.4, -0.2) is 25.5 Å². The van der Waals surface area contributed by atoms with Gasteiger partial charge in [0.2, 0.25) is 5.09 Å². The summed E-state index contributed by atoms with van der Waals surface area (Å²) in [5.74, 6) is -1.25. The lowest BCUT2D eigenvalue weighted by Gasteiger charge is -2.13. The van der Waals surface area contributed by atoms with Gasteiger partial charge in [-0.3, -0.25) is 4.79 Å². The van der Waals surface area contributed by atoms with Crippen LogP contribution in [-0.2, 0) is 21.2 Å². The highest BCUT2D eigenvalue weighted by Gasteiger charge is 2.28. The second-order valence-electron chi connectivity index (χ2n) is 5.31. The van der Waals surface area contributed by atoms with E-state index in [-0.39, 0.29) is 11.5 Å². The molecule has 0 radical (unpaired) electrons. The van der Waals surface area contributed by atoms with Gasteiger partial charge in [-0.25, -0.2) is 8.42 Å². The topological polar surface area (TPSA) is 96.6 Å². The summed E-state index contributed by atoms with van der Waals surface area (Å²) in [4.78, 5) is 11.4. The summed E-state index contributed by atoms with van der Waals surface area (Å²) in [6.45, 7) is 0. The summed E-state index contributed by atoms with van der Waals surface area (Å²) >= 11 is 0. The monoisotopic (exact) mass is 345 g/mol. The highest BCUT2D eigenvalue weighted by Crippen LogP contribution is 2.22. The molecule has 0 aliphatic rings. The van der Waals surface area contributed by atoms with E-state index in [1.54, 1.807) is 54.6 Å². The number of rotatable bonds is 6. The van der Waals surface area contributed by atoms with Crippen molar-refractivity contribution >= 4 is 27.0 Å². The highest BCUT2D eigenvalue weighted by atomic mass is 32.2. The van der Waals surface area contributed by atoms with Crippen molar-refractivity contribution in [3.8, 4) is 0 Å². The lowest BCUT2D eigenvalue weighted by atomic mass is 10.1. The maximum atomic E-state index is 12.4. The second kappa shape index (κ2) is 6.46. The minimum atomic E-state index is -4.08. The Kier molecular flexibility index (Phi) is 4.37. The van der Waals surface area contributed by atoms with Gasteiger partial charge in [-0.15, -0.1) is 0 Å². The number of sulfonamides is 1. The molecule has 0 amide bonds. The number of aliphatic carboxylic acids is 1. The van der Waals surface area contributed by atoms with Crippen LogP contribution in [0.2, 0.25) is 0 Å². The largest absolute Gasteiger partial charge is 0.480 e. The van der Waals surface area contributed by atoms with E-state index in [1.807, 2.05) is 0 Å². The van der Waals surface area contributed by atoms with Gasteiger partial charge in [0.05, 0.1) is 0 Å². The summed E-state index contributed by atoms with van der Waals surface area (Å²) in [7, 11) is -4.08. The van der Waals surface area contributed by atoms with Crippen molar-refractivity contribution in [2.75, 3.05) is 0 Å². The molecule has 124 valence electrons. The first-order valence-electron chi connectivity index (χ1n) is 7.23. The van der Waals surface area contributed by atoms with Crippen LogP contribution in [0.15, 0.2) is 70.2 Å². The lowest BCUT2D eigenvalue weighted by molar-refractivity contribution is -0.138. The van der Waals surface area contributed by atoms with Crippen molar-refractivity contribution in [3.05, 3.63) is 66.2 Å². The molecule has 3 rings (SSSR count). The van der Waals surface area contributed by atoms with Crippen LogP contribution in [0.4, 0.5) is 0 Å². The maximum absolute atomic E-state index is 12.4. The molecule has 0 fully saturated rings. The summed E-state index contributed by atoms with van der Waals surface area (Å²) < 4.78 is 32.4. The third kappa shape index (κ3) is 3.47. The van der Waals surface area contributed by atoms with Crippen LogP contribution in [0.3, 0.4) is 0 Å². The van der Waals surface area contributed by atoms with Crippen LogP contribution >= 0.6 is 0 Å². The van der Waals surface area contributed by atoms with Gasteiger partial charge in [-0.05, 0) is 18.1 Å². The first-order valence-corrected chi connectivity index (χ1v) is 8.72. The molecule has 1 aromatic heterocycles. The summed E-state index contributed by atoms with van der Waals surface area (Å²) in [5.41, 5.74) is 1.14. The SMILES string of the molecule is O=C(O)[C@@H](Cc1ccccc1)NS(=O)(=O)c1cc2ccccc2o1. The van der Waals surface area contributed by atoms with Gasteiger partial charge >= 0.3 is 5.97 Å². The number of para-hydroxylation sites is 1. The number of carboxylic acid groups (broad SMARTS) is 1. The smallest absolute Gasteiger partial charge is 0.322 e. The molecule has 1 atom stereocenters. The van der Waals surface area contributed by atoms with E-state index in [0.717, 1.165) is 5.56 Å². The fourth-order valence-corrected chi connectivity index (χ4v) is 3.52. The standard InChI is InChI=1S/C17H15NO5S/c19-17(20)14(10-12-6-2-1-3-7-12)18-24(21,22)16-11-13-8-4-5-9-15(13)23-16/h1-9,11,14,18H,10H2,(H,19,20)/t14-/m1/s1. The van der Waals surface area contributed by atoms with Crippen molar-refractivity contribution in [2.45, 2.75) is 17.6 Å². The molecule has 2 aromatic carbocycles. The first kappa shape index (κ1) is 16.2. The number of furan rings is 1. The molecule has 1 heterocycles. The van der Waals surface area contributed by atoms with Crippen molar-refractivity contribution in [1.29, 1.82) is 0 Å². The van der Waals surface area contributed by atoms with Crippen LogP contribution in [0.5, 0.6) is 0 Å². The molecule has 0 spiro atoms. The predicted molar refractivity (Wildman–Crippen MR) is 88.1 cm³/mol. The van der Waals surface area contributed by atoms with Crippen molar-refractivity contribution in [2.24, 2.45) is 0 Å². The molecule has 7 heteroatoms. The zero-order chi connectivity index (χ0) is 17.2. The third-order valence-electron chi connectivity index (χ3n) is 3.55. The molecular weight excluding hydrogens is 330 g/mol. The first-order chi connectivity index (χ1) is 11.5. The van der Waals surface area contributed by atoms with E-state index < -0.39 is 22.0 Å². The minimum absolute atomic E-state index is 0.0373. The Morgan fingerprint density at radius 1 is 1.08 bits per heavy atom. The number of hydrogen-bond acceptors (Lipinski definition) is 4. The summed E-state index contributed by atoms with van der Waals surface area (Å²) in [6, 6.07) is 15.8. The fourth-order valence-electron chi connectivity index (χ4n) is 2.36.